The van der Waals surface area contributed by atoms with Gasteiger partial charge in [-0.15, -0.1) is 0 Å². The predicted octanol–water partition coefficient (Wildman–Crippen LogP) is 2.57. The molecule has 8 heteroatoms. The third kappa shape index (κ3) is 3.65. The largest absolute Gasteiger partial charge is 0.493 e. The van der Waals surface area contributed by atoms with Crippen LogP contribution in [-0.4, -0.2) is 34.8 Å². The molecule has 0 unspecified atom stereocenters. The van der Waals surface area contributed by atoms with E-state index in [-0.39, 0.29) is 5.91 Å². The van der Waals surface area contributed by atoms with E-state index < -0.39 is 10.0 Å². The summed E-state index contributed by atoms with van der Waals surface area (Å²) in [5.74, 6) is 0.782. The average Bonchev–Trinajstić information content (AvgIpc) is 2.87. The maximum Gasteiger partial charge on any atom is 0.256 e. The first-order valence-corrected chi connectivity index (χ1v) is 9.57. The number of hydrogen-bond acceptors (Lipinski definition) is 5. The number of methoxy groups -OCH3 is 2. The minimum Gasteiger partial charge on any atom is -0.493 e. The number of anilines is 2. The first-order chi connectivity index (χ1) is 12.3. The van der Waals surface area contributed by atoms with Gasteiger partial charge in [0.1, 0.15) is 0 Å². The van der Waals surface area contributed by atoms with Gasteiger partial charge in [-0.25, -0.2) is 8.42 Å². The molecule has 0 spiro atoms. The number of rotatable bonds is 5. The molecular formula is C18H18N2O5S. The van der Waals surface area contributed by atoms with E-state index in [1.165, 1.54) is 14.2 Å². The van der Waals surface area contributed by atoms with Crippen LogP contribution in [-0.2, 0) is 14.8 Å². The summed E-state index contributed by atoms with van der Waals surface area (Å²) in [6.45, 7) is 0. The van der Waals surface area contributed by atoms with Gasteiger partial charge in [0.15, 0.2) is 11.5 Å². The van der Waals surface area contributed by atoms with E-state index >= 15 is 0 Å². The summed E-state index contributed by atoms with van der Waals surface area (Å²) in [5.41, 5.74) is 2.88. The summed E-state index contributed by atoms with van der Waals surface area (Å²) in [5, 5.41) is 2.79. The lowest BCUT2D eigenvalue weighted by molar-refractivity contribution is -0.110. The lowest BCUT2D eigenvalue weighted by Crippen LogP contribution is -2.09. The first-order valence-electron chi connectivity index (χ1n) is 7.68. The van der Waals surface area contributed by atoms with Gasteiger partial charge in [-0.05, 0) is 29.8 Å². The molecule has 0 radical (unpaired) electrons. The van der Waals surface area contributed by atoms with Crippen molar-refractivity contribution in [2.45, 2.75) is 0 Å². The van der Waals surface area contributed by atoms with Crippen LogP contribution in [0, 0.1) is 0 Å². The monoisotopic (exact) mass is 374 g/mol. The van der Waals surface area contributed by atoms with E-state index in [0.717, 1.165) is 6.26 Å². The quantitative estimate of drug-likeness (QED) is 0.785. The Morgan fingerprint density at radius 3 is 2.42 bits per heavy atom. The first kappa shape index (κ1) is 17.8. The van der Waals surface area contributed by atoms with Gasteiger partial charge < -0.3 is 14.8 Å². The highest BCUT2D eigenvalue weighted by Crippen LogP contribution is 2.41. The lowest BCUT2D eigenvalue weighted by Gasteiger charge is -2.09. The van der Waals surface area contributed by atoms with Gasteiger partial charge >= 0.3 is 0 Å². The molecule has 1 amide bonds. The van der Waals surface area contributed by atoms with Crippen molar-refractivity contribution in [3.05, 3.63) is 47.5 Å². The van der Waals surface area contributed by atoms with E-state index in [4.69, 9.17) is 9.47 Å². The number of hydrogen-bond donors (Lipinski definition) is 2. The number of fused-ring (bicyclic) bond motifs is 1. The third-order valence-corrected chi connectivity index (χ3v) is 4.41. The van der Waals surface area contributed by atoms with Crippen LogP contribution in [0.25, 0.3) is 11.6 Å². The van der Waals surface area contributed by atoms with Crippen molar-refractivity contribution in [2.24, 2.45) is 0 Å². The van der Waals surface area contributed by atoms with Crippen molar-refractivity contribution in [1.29, 1.82) is 0 Å². The Morgan fingerprint density at radius 2 is 1.77 bits per heavy atom. The molecule has 26 heavy (non-hydrogen) atoms. The number of benzene rings is 2. The van der Waals surface area contributed by atoms with Gasteiger partial charge in [0.25, 0.3) is 5.91 Å². The Labute approximate surface area is 151 Å². The van der Waals surface area contributed by atoms with Crippen LogP contribution in [0.5, 0.6) is 11.5 Å². The topological polar surface area (TPSA) is 93.7 Å². The van der Waals surface area contributed by atoms with Crippen LogP contribution in [0.3, 0.4) is 0 Å². The number of amides is 1. The van der Waals surface area contributed by atoms with Crippen LogP contribution in [0.4, 0.5) is 11.4 Å². The smallest absolute Gasteiger partial charge is 0.256 e. The van der Waals surface area contributed by atoms with E-state index in [1.807, 2.05) is 0 Å². The number of nitrogens with one attached hydrogen (secondary N) is 2. The van der Waals surface area contributed by atoms with Gasteiger partial charge in [0.2, 0.25) is 10.0 Å². The molecule has 2 aromatic carbocycles. The van der Waals surface area contributed by atoms with E-state index in [1.54, 1.807) is 42.5 Å². The molecule has 1 aliphatic rings. The summed E-state index contributed by atoms with van der Waals surface area (Å²) in [6, 6.07) is 10.2. The van der Waals surface area contributed by atoms with Gasteiger partial charge in [-0.2, -0.15) is 0 Å². The molecule has 1 aliphatic heterocycles. The summed E-state index contributed by atoms with van der Waals surface area (Å²) >= 11 is 0. The second kappa shape index (κ2) is 6.72. The Hall–Kier alpha value is -3.00. The summed E-state index contributed by atoms with van der Waals surface area (Å²) in [7, 11) is -0.326. The molecule has 0 saturated carbocycles. The van der Waals surface area contributed by atoms with Crippen molar-refractivity contribution in [1.82, 2.24) is 0 Å². The molecule has 0 atom stereocenters. The molecule has 2 N–H and O–H groups in total. The molecule has 0 aliphatic carbocycles. The fraction of sp³-hybridized carbons (Fsp3) is 0.167. The maximum atomic E-state index is 12.4. The number of carbonyl (C=O) groups excluding carboxylic acids is 1. The standard InChI is InChI=1S/C18H18N2O5S/c1-24-16-9-13-14(18(21)19-15(13)10-17(16)25-2)8-11-5-4-6-12(7-11)20-26(3,22)23/h4-10,20H,1-3H3,(H,19,21). The Balaban J connectivity index is 2.03. The van der Waals surface area contributed by atoms with E-state index in [2.05, 4.69) is 10.0 Å². The summed E-state index contributed by atoms with van der Waals surface area (Å²) < 4.78 is 35.7. The summed E-state index contributed by atoms with van der Waals surface area (Å²) in [6.07, 6.45) is 2.78. The van der Waals surface area contributed by atoms with Gasteiger partial charge in [0, 0.05) is 22.9 Å². The van der Waals surface area contributed by atoms with Gasteiger partial charge in [-0.3, -0.25) is 9.52 Å². The second-order valence-corrected chi connectivity index (χ2v) is 7.51. The minimum absolute atomic E-state index is 0.253. The zero-order chi connectivity index (χ0) is 18.9. The lowest BCUT2D eigenvalue weighted by atomic mass is 10.0. The van der Waals surface area contributed by atoms with Crippen molar-refractivity contribution in [3.8, 4) is 11.5 Å². The molecule has 0 fully saturated rings. The zero-order valence-electron chi connectivity index (χ0n) is 14.5. The van der Waals surface area contributed by atoms with Crippen LogP contribution >= 0.6 is 0 Å². The third-order valence-electron chi connectivity index (χ3n) is 3.81. The number of ether oxygens (including phenoxy) is 2. The Bertz CT molecular complexity index is 1010. The van der Waals surface area contributed by atoms with Crippen LogP contribution in [0.15, 0.2) is 36.4 Å². The fourth-order valence-electron chi connectivity index (χ4n) is 2.73. The maximum absolute atomic E-state index is 12.4. The number of sulfonamides is 1. The molecule has 3 rings (SSSR count). The minimum atomic E-state index is -3.38. The fourth-order valence-corrected chi connectivity index (χ4v) is 3.29. The van der Waals surface area contributed by atoms with Crippen molar-refractivity contribution >= 4 is 39.0 Å². The van der Waals surface area contributed by atoms with Crippen LogP contribution in [0.2, 0.25) is 0 Å². The molecule has 0 aromatic heterocycles. The second-order valence-electron chi connectivity index (χ2n) is 5.76. The SMILES string of the molecule is COc1cc2c(cc1OC)C(=Cc1cccc(NS(C)(=O)=O)c1)C(=O)N2. The normalized spacial score (nSPS) is 14.7. The molecule has 0 saturated heterocycles. The summed E-state index contributed by atoms with van der Waals surface area (Å²) in [4.78, 5) is 12.4. The Morgan fingerprint density at radius 1 is 1.08 bits per heavy atom. The zero-order valence-corrected chi connectivity index (χ0v) is 15.3. The van der Waals surface area contributed by atoms with Crippen molar-refractivity contribution in [2.75, 3.05) is 30.5 Å². The molecule has 2 aromatic rings. The molecule has 136 valence electrons. The average molecular weight is 374 g/mol. The Kier molecular flexibility index (Phi) is 4.60. The molecule has 0 bridgehead atoms. The van der Waals surface area contributed by atoms with Crippen LogP contribution in [0.1, 0.15) is 11.1 Å². The van der Waals surface area contributed by atoms with E-state index in [9.17, 15) is 13.2 Å². The van der Waals surface area contributed by atoms with E-state index in [0.29, 0.717) is 39.6 Å². The van der Waals surface area contributed by atoms with Crippen molar-refractivity contribution < 1.29 is 22.7 Å². The molecule has 7 nitrogen and oxygen atoms in total. The highest BCUT2D eigenvalue weighted by atomic mass is 32.2. The number of carbonyl (C=O) groups is 1. The van der Waals surface area contributed by atoms with Gasteiger partial charge in [0.05, 0.1) is 26.2 Å². The van der Waals surface area contributed by atoms with Gasteiger partial charge in [-0.1, -0.05) is 12.1 Å². The van der Waals surface area contributed by atoms with Crippen molar-refractivity contribution in [3.63, 3.8) is 0 Å². The van der Waals surface area contributed by atoms with Crippen LogP contribution < -0.4 is 19.5 Å². The molecule has 1 heterocycles. The predicted molar refractivity (Wildman–Crippen MR) is 101 cm³/mol. The highest BCUT2D eigenvalue weighted by Gasteiger charge is 2.26. The molecular weight excluding hydrogens is 356 g/mol. The highest BCUT2D eigenvalue weighted by molar-refractivity contribution is 7.92.